The Kier molecular flexibility index (Phi) is 24.3. The largest absolute Gasteiger partial charge is 0.541 e. The predicted octanol–water partition coefficient (Wildman–Crippen LogP) is 1.27. The van der Waals surface area contributed by atoms with Crippen molar-refractivity contribution in [3.05, 3.63) is 24.3 Å². The maximum atomic E-state index is 11.2. The van der Waals surface area contributed by atoms with E-state index in [1.807, 2.05) is 13.2 Å². The molecule has 2 atom stereocenters. The molecule has 10 heteroatoms. The quantitative estimate of drug-likeness (QED) is 0.136. The second-order valence-electron chi connectivity index (χ2n) is 6.70. The molecule has 0 saturated carbocycles. The maximum absolute atomic E-state index is 11.2. The van der Waals surface area contributed by atoms with Gasteiger partial charge in [-0.15, -0.1) is 19.1 Å². The van der Waals surface area contributed by atoms with Crippen molar-refractivity contribution in [3.8, 4) is 0 Å². The number of cyclic esters (lactones) is 2. The number of carbonyl (C=O) groups is 3. The number of ether oxygens (including phenoxy) is 3. The van der Waals surface area contributed by atoms with E-state index in [-0.39, 0.29) is 71.3 Å². The smallest absolute Gasteiger partial charge is 0.317 e. The summed E-state index contributed by atoms with van der Waals surface area (Å²) in [6.07, 6.45) is 3.12. The van der Waals surface area contributed by atoms with Crippen LogP contribution in [0.5, 0.6) is 0 Å². The van der Waals surface area contributed by atoms with E-state index < -0.39 is 23.8 Å². The van der Waals surface area contributed by atoms with Gasteiger partial charge in [0.2, 0.25) is 0 Å². The van der Waals surface area contributed by atoms with E-state index >= 15 is 0 Å². The molecule has 1 radical (unpaired) electrons. The van der Waals surface area contributed by atoms with Gasteiger partial charge in [0.15, 0.2) is 0 Å². The van der Waals surface area contributed by atoms with E-state index in [1.165, 1.54) is 7.11 Å². The van der Waals surface area contributed by atoms with Gasteiger partial charge in [-0.05, 0) is 20.3 Å². The van der Waals surface area contributed by atoms with Gasteiger partial charge < -0.3 is 29.2 Å². The molecule has 2 N–H and O–H groups in total. The Labute approximate surface area is 209 Å². The van der Waals surface area contributed by atoms with Crippen LogP contribution in [0.3, 0.4) is 0 Å². The zero-order valence-corrected chi connectivity index (χ0v) is 21.4. The molecule has 9 nitrogen and oxygen atoms in total. The van der Waals surface area contributed by atoms with Crippen molar-refractivity contribution in [2.24, 2.45) is 11.8 Å². The number of hydrogen-bond donors (Lipinski definition) is 2. The van der Waals surface area contributed by atoms with Crippen LogP contribution in [-0.2, 0) is 66.1 Å². The molecule has 31 heavy (non-hydrogen) atoms. The molecule has 0 aromatic heterocycles. The van der Waals surface area contributed by atoms with E-state index in [9.17, 15) is 19.2 Å². The Morgan fingerprint density at radius 2 is 1.74 bits per heavy atom. The molecule has 1 saturated heterocycles. The van der Waals surface area contributed by atoms with Crippen LogP contribution < -0.4 is 0 Å². The van der Waals surface area contributed by atoms with E-state index in [2.05, 4.69) is 17.9 Å². The molecular formula is C21H33O9Y-. The molecule has 1 aliphatic rings. The maximum Gasteiger partial charge on any atom is 0.317 e. The number of aliphatic hydroxyl groups is 2. The first-order valence-corrected chi connectivity index (χ1v) is 9.38. The summed E-state index contributed by atoms with van der Waals surface area (Å²) in [6, 6.07) is 0. The van der Waals surface area contributed by atoms with Crippen LogP contribution in [0.25, 0.3) is 0 Å². The average molecular weight is 518 g/mol. The zero-order valence-electron chi connectivity index (χ0n) is 18.6. The molecule has 0 aromatic rings. The third-order valence-electron chi connectivity index (χ3n) is 3.38. The number of allylic oxidation sites excluding steroid dienone is 2. The van der Waals surface area contributed by atoms with E-state index in [0.29, 0.717) is 19.4 Å². The molecule has 1 aliphatic heterocycles. The Morgan fingerprint density at radius 3 is 2.10 bits per heavy atom. The Balaban J connectivity index is -0.000000430. The van der Waals surface area contributed by atoms with Crippen molar-refractivity contribution in [1.82, 2.24) is 0 Å². The SMILES string of the molecule is C=C(C)CC([C-]=O)CC(=O)OCCOC.C=C(C)CC1CC(=O)OC1=O.OCCO.[Y]. The molecule has 1 rings (SSSR count). The van der Waals surface area contributed by atoms with Gasteiger partial charge in [0.25, 0.3) is 0 Å². The van der Waals surface area contributed by atoms with Crippen molar-refractivity contribution in [2.75, 3.05) is 33.5 Å². The fraction of sp³-hybridized carbons (Fsp3) is 0.619. The number of hydrogen-bond acceptors (Lipinski definition) is 9. The van der Waals surface area contributed by atoms with Gasteiger partial charge in [-0.25, -0.2) is 0 Å². The van der Waals surface area contributed by atoms with Gasteiger partial charge in [0.05, 0.1) is 32.2 Å². The second-order valence-corrected chi connectivity index (χ2v) is 6.70. The molecule has 0 amide bonds. The molecule has 0 spiro atoms. The first kappa shape index (κ1) is 34.4. The Morgan fingerprint density at radius 1 is 1.16 bits per heavy atom. The van der Waals surface area contributed by atoms with Gasteiger partial charge in [-0.1, -0.05) is 17.6 Å². The number of esters is 3. The summed E-state index contributed by atoms with van der Waals surface area (Å²) in [4.78, 5) is 43.1. The summed E-state index contributed by atoms with van der Waals surface area (Å²) in [6.45, 7) is 11.3. The summed E-state index contributed by atoms with van der Waals surface area (Å²) in [5.41, 5.74) is 1.76. The second kappa shape index (κ2) is 22.0. The summed E-state index contributed by atoms with van der Waals surface area (Å²) in [7, 11) is 1.52. The van der Waals surface area contributed by atoms with Crippen molar-refractivity contribution in [2.45, 2.75) is 39.5 Å². The van der Waals surface area contributed by atoms with Crippen LogP contribution in [0.15, 0.2) is 24.3 Å². The minimum atomic E-state index is -0.447. The molecule has 1 fully saturated rings. The van der Waals surface area contributed by atoms with Crippen molar-refractivity contribution < 1.29 is 76.3 Å². The summed E-state index contributed by atoms with van der Waals surface area (Å²) >= 11 is 0. The van der Waals surface area contributed by atoms with Gasteiger partial charge >= 0.3 is 17.9 Å². The van der Waals surface area contributed by atoms with Crippen LogP contribution in [0, 0.1) is 11.8 Å². The molecule has 175 valence electrons. The number of methoxy groups -OCH3 is 1. The van der Waals surface area contributed by atoms with Crippen molar-refractivity contribution in [3.63, 3.8) is 0 Å². The van der Waals surface area contributed by atoms with Crippen LogP contribution in [0.2, 0.25) is 0 Å². The molecule has 0 aliphatic carbocycles. The fourth-order valence-electron chi connectivity index (χ4n) is 2.17. The van der Waals surface area contributed by atoms with Gasteiger partial charge in [-0.3, -0.25) is 20.7 Å². The van der Waals surface area contributed by atoms with Crippen LogP contribution in [0.4, 0.5) is 0 Å². The Bertz CT molecular complexity index is 573. The molecule has 2 unspecified atom stereocenters. The third-order valence-corrected chi connectivity index (χ3v) is 3.38. The van der Waals surface area contributed by atoms with E-state index in [1.54, 1.807) is 6.92 Å². The monoisotopic (exact) mass is 518 g/mol. The number of aliphatic hydroxyl groups excluding tert-OH is 2. The van der Waals surface area contributed by atoms with Gasteiger partial charge in [0.1, 0.15) is 6.61 Å². The summed E-state index contributed by atoms with van der Waals surface area (Å²) < 4.78 is 13.9. The minimum Gasteiger partial charge on any atom is -0.541 e. The normalized spacial score (nSPS) is 15.1. The van der Waals surface area contributed by atoms with Gasteiger partial charge in [0, 0.05) is 46.2 Å². The van der Waals surface area contributed by atoms with Crippen molar-refractivity contribution >= 4 is 24.2 Å². The van der Waals surface area contributed by atoms with Crippen LogP contribution in [0.1, 0.15) is 39.5 Å². The fourth-order valence-corrected chi connectivity index (χ4v) is 2.17. The summed E-state index contributed by atoms with van der Waals surface area (Å²) in [5, 5.41) is 15.2. The average Bonchev–Trinajstić information content (AvgIpc) is 2.98. The summed E-state index contributed by atoms with van der Waals surface area (Å²) in [5.74, 6) is -1.95. The number of carbonyl (C=O) groups excluding carboxylic acids is 4. The predicted molar refractivity (Wildman–Crippen MR) is 109 cm³/mol. The van der Waals surface area contributed by atoms with Crippen LogP contribution >= 0.6 is 0 Å². The molecular weight excluding hydrogens is 485 g/mol. The van der Waals surface area contributed by atoms with Crippen LogP contribution in [-0.4, -0.2) is 67.9 Å². The number of rotatable bonds is 11. The topological polar surface area (TPSA) is 136 Å². The van der Waals surface area contributed by atoms with E-state index in [0.717, 1.165) is 11.1 Å². The van der Waals surface area contributed by atoms with E-state index in [4.69, 9.17) is 19.7 Å². The zero-order chi connectivity index (χ0) is 23.5. The molecule has 0 aromatic carbocycles. The van der Waals surface area contributed by atoms with Gasteiger partial charge in [-0.2, -0.15) is 0 Å². The Hall–Kier alpha value is -1.26. The molecule has 0 bridgehead atoms. The standard InChI is InChI=1S/C11H17O4.C8H10O3.C2H6O2.Y/c1-9(2)6-10(8-12)7-11(13)15-5-4-14-3;1-5(2)3-6-4-7(9)11-8(6)10;3-1-2-4;/h10H,1,4-7H2,2-3H3;6H,1,3-4H2,2H3;3-4H,1-2H2;/q-1;;;. The first-order chi connectivity index (χ1) is 14.1. The minimum absolute atomic E-state index is 0. The molecule has 1 heterocycles. The third kappa shape index (κ3) is 21.8. The first-order valence-electron chi connectivity index (χ1n) is 9.38. The van der Waals surface area contributed by atoms with Crippen molar-refractivity contribution in [1.29, 1.82) is 0 Å².